The lowest BCUT2D eigenvalue weighted by Gasteiger charge is -2.32. The fourth-order valence-electron chi connectivity index (χ4n) is 7.88. The van der Waals surface area contributed by atoms with E-state index < -0.39 is 5.41 Å². The number of hydrogen-bond acceptors (Lipinski definition) is 2. The molecule has 3 heterocycles. The molecular weight excluding hydrogens is 565 g/mol. The molecule has 0 saturated heterocycles. The molecule has 0 bridgehead atoms. The van der Waals surface area contributed by atoms with E-state index in [2.05, 4.69) is 150 Å². The third-order valence-electron chi connectivity index (χ3n) is 9.71. The molecule has 0 fully saturated rings. The fourth-order valence-corrected chi connectivity index (χ4v) is 8.96. The first-order valence-corrected chi connectivity index (χ1v) is 16.2. The molecule has 9 aromatic rings. The summed E-state index contributed by atoms with van der Waals surface area (Å²) in [5.41, 5.74) is 10.4. The Morgan fingerprint density at radius 2 is 1.24 bits per heavy atom. The highest BCUT2D eigenvalue weighted by molar-refractivity contribution is 7.25. The minimum Gasteiger partial charge on any atom is -0.309 e. The molecule has 210 valence electrons. The fraction of sp³-hybridized carbons (Fsp3) is 0.0238. The summed E-state index contributed by atoms with van der Waals surface area (Å²) in [5.74, 6) is 0. The summed E-state index contributed by atoms with van der Waals surface area (Å²) >= 11 is 1.86. The molecule has 0 N–H and O–H groups in total. The van der Waals surface area contributed by atoms with Crippen molar-refractivity contribution in [3.63, 3.8) is 0 Å². The second-order valence-corrected chi connectivity index (χ2v) is 13.0. The van der Waals surface area contributed by atoms with E-state index in [9.17, 15) is 0 Å². The van der Waals surface area contributed by atoms with Gasteiger partial charge in [-0.05, 0) is 82.4 Å². The first kappa shape index (κ1) is 24.9. The molecule has 45 heavy (non-hydrogen) atoms. The summed E-state index contributed by atoms with van der Waals surface area (Å²) in [7, 11) is 0. The van der Waals surface area contributed by atoms with E-state index in [-0.39, 0.29) is 0 Å². The van der Waals surface area contributed by atoms with Gasteiger partial charge < -0.3 is 4.57 Å². The van der Waals surface area contributed by atoms with Gasteiger partial charge in [-0.25, -0.2) is 0 Å². The molecule has 0 spiro atoms. The van der Waals surface area contributed by atoms with Gasteiger partial charge in [-0.15, -0.1) is 11.3 Å². The molecule has 0 aliphatic heterocycles. The summed E-state index contributed by atoms with van der Waals surface area (Å²) < 4.78 is 5.11. The van der Waals surface area contributed by atoms with Gasteiger partial charge in [0.2, 0.25) is 0 Å². The number of nitrogens with zero attached hydrogens (tertiary/aromatic N) is 2. The van der Waals surface area contributed by atoms with Gasteiger partial charge in [0.1, 0.15) is 0 Å². The van der Waals surface area contributed by atoms with Crippen LogP contribution in [0.25, 0.3) is 58.8 Å². The summed E-state index contributed by atoms with van der Waals surface area (Å²) in [6.45, 7) is 0. The van der Waals surface area contributed by atoms with E-state index in [0.717, 1.165) is 5.69 Å². The number of rotatable bonds is 3. The minimum absolute atomic E-state index is 0.544. The van der Waals surface area contributed by atoms with Crippen LogP contribution in [0, 0.1) is 0 Å². The molecule has 10 rings (SSSR count). The molecule has 6 aromatic carbocycles. The molecule has 3 heteroatoms. The summed E-state index contributed by atoms with van der Waals surface area (Å²) in [6, 6.07) is 55.6. The van der Waals surface area contributed by atoms with Crippen molar-refractivity contribution in [2.24, 2.45) is 0 Å². The zero-order valence-corrected chi connectivity index (χ0v) is 25.1. The maximum atomic E-state index is 5.06. The monoisotopic (exact) mass is 590 g/mol. The highest BCUT2D eigenvalue weighted by Crippen LogP contribution is 2.57. The van der Waals surface area contributed by atoms with Gasteiger partial charge in [-0.2, -0.15) is 0 Å². The average molecular weight is 591 g/mol. The molecule has 0 saturated carbocycles. The SMILES string of the molecule is c1ccc(C2(c3ccccn3)c3ccccc3-c3cc4c5ccccc5n(-c5ccc6sc7ccccc7c6c5)c4cc32)cc1. The quantitative estimate of drug-likeness (QED) is 0.200. The van der Waals surface area contributed by atoms with E-state index in [1.54, 1.807) is 0 Å². The lowest BCUT2D eigenvalue weighted by molar-refractivity contribution is 0.735. The largest absolute Gasteiger partial charge is 0.309 e. The van der Waals surface area contributed by atoms with E-state index in [1.165, 1.54) is 75.5 Å². The predicted octanol–water partition coefficient (Wildman–Crippen LogP) is 10.9. The maximum absolute atomic E-state index is 5.06. The summed E-state index contributed by atoms with van der Waals surface area (Å²) in [4.78, 5) is 5.06. The van der Waals surface area contributed by atoms with Gasteiger partial charge in [-0.1, -0.05) is 97.1 Å². The third kappa shape index (κ3) is 3.31. The van der Waals surface area contributed by atoms with Crippen LogP contribution >= 0.6 is 11.3 Å². The molecule has 1 atom stereocenters. The van der Waals surface area contributed by atoms with Crippen LogP contribution in [0.1, 0.15) is 22.4 Å². The van der Waals surface area contributed by atoms with Gasteiger partial charge >= 0.3 is 0 Å². The Labute approximate surface area is 264 Å². The van der Waals surface area contributed by atoms with Gasteiger partial charge in [0.05, 0.1) is 22.1 Å². The van der Waals surface area contributed by atoms with Gasteiger partial charge in [-0.3, -0.25) is 4.98 Å². The second-order valence-electron chi connectivity index (χ2n) is 11.9. The van der Waals surface area contributed by atoms with Gasteiger partial charge in [0.15, 0.2) is 0 Å². The number of hydrogen-bond donors (Lipinski definition) is 0. The Hall–Kier alpha value is -5.51. The molecule has 1 aliphatic rings. The molecule has 0 radical (unpaired) electrons. The predicted molar refractivity (Wildman–Crippen MR) is 189 cm³/mol. The maximum Gasteiger partial charge on any atom is 0.0886 e. The normalized spacial score (nSPS) is 15.6. The third-order valence-corrected chi connectivity index (χ3v) is 10.9. The van der Waals surface area contributed by atoms with Gasteiger partial charge in [0, 0.05) is 42.8 Å². The molecule has 1 aliphatic carbocycles. The first-order valence-electron chi connectivity index (χ1n) is 15.4. The van der Waals surface area contributed by atoms with Crippen LogP contribution in [0.15, 0.2) is 158 Å². The zero-order chi connectivity index (χ0) is 29.5. The standard InChI is InChI=1S/C42H26N2S/c1-2-12-27(13-3-1)42(41-20-10-11-23-43-41)35-17-7-4-14-29(35)32-25-33-30-15-5-8-18-37(30)44(38(33)26-36(32)42)28-21-22-40-34(24-28)31-16-6-9-19-39(31)45-40/h1-26H. The minimum atomic E-state index is -0.544. The Kier molecular flexibility index (Phi) is 5.11. The number of aromatic nitrogens is 2. The van der Waals surface area contributed by atoms with Crippen molar-refractivity contribution in [1.82, 2.24) is 9.55 Å². The number of para-hydroxylation sites is 1. The summed E-state index contributed by atoms with van der Waals surface area (Å²) in [5, 5.41) is 5.15. The van der Waals surface area contributed by atoms with Crippen LogP contribution < -0.4 is 0 Å². The number of fused-ring (bicyclic) bond motifs is 9. The smallest absolute Gasteiger partial charge is 0.0886 e. The topological polar surface area (TPSA) is 17.8 Å². The van der Waals surface area contributed by atoms with E-state index in [1.807, 2.05) is 23.6 Å². The lowest BCUT2D eigenvalue weighted by atomic mass is 9.69. The highest BCUT2D eigenvalue weighted by atomic mass is 32.1. The number of pyridine rings is 1. The molecular formula is C42H26N2S. The van der Waals surface area contributed by atoms with E-state index >= 15 is 0 Å². The van der Waals surface area contributed by atoms with Crippen LogP contribution in [-0.4, -0.2) is 9.55 Å². The number of thiophene rings is 1. The van der Waals surface area contributed by atoms with E-state index in [4.69, 9.17) is 4.98 Å². The van der Waals surface area contributed by atoms with Crippen LogP contribution in [-0.2, 0) is 5.41 Å². The average Bonchev–Trinajstić information content (AvgIpc) is 3.74. The Bertz CT molecular complexity index is 2550. The first-order chi connectivity index (χ1) is 22.3. The zero-order valence-electron chi connectivity index (χ0n) is 24.3. The summed E-state index contributed by atoms with van der Waals surface area (Å²) in [6.07, 6.45) is 1.93. The molecule has 3 aromatic heterocycles. The lowest BCUT2D eigenvalue weighted by Crippen LogP contribution is -2.29. The molecule has 2 nitrogen and oxygen atoms in total. The van der Waals surface area contributed by atoms with Gasteiger partial charge in [0.25, 0.3) is 0 Å². The van der Waals surface area contributed by atoms with Crippen molar-refractivity contribution in [2.75, 3.05) is 0 Å². The van der Waals surface area contributed by atoms with Crippen molar-refractivity contribution >= 4 is 53.3 Å². The van der Waals surface area contributed by atoms with Crippen LogP contribution in [0.2, 0.25) is 0 Å². The van der Waals surface area contributed by atoms with Crippen LogP contribution in [0.4, 0.5) is 0 Å². The Balaban J connectivity index is 1.36. The molecule has 1 unspecified atom stereocenters. The van der Waals surface area contributed by atoms with Crippen molar-refractivity contribution < 1.29 is 0 Å². The van der Waals surface area contributed by atoms with Crippen LogP contribution in [0.3, 0.4) is 0 Å². The van der Waals surface area contributed by atoms with E-state index in [0.29, 0.717) is 0 Å². The Morgan fingerprint density at radius 3 is 2.13 bits per heavy atom. The van der Waals surface area contributed by atoms with Crippen molar-refractivity contribution in [3.05, 3.63) is 180 Å². The Morgan fingerprint density at radius 1 is 0.489 bits per heavy atom. The van der Waals surface area contributed by atoms with Crippen molar-refractivity contribution in [1.29, 1.82) is 0 Å². The number of benzene rings is 6. The second kappa shape index (κ2) is 9.25. The van der Waals surface area contributed by atoms with Crippen LogP contribution in [0.5, 0.6) is 0 Å². The highest BCUT2D eigenvalue weighted by Gasteiger charge is 2.47. The van der Waals surface area contributed by atoms with Crippen molar-refractivity contribution in [2.45, 2.75) is 5.41 Å². The molecule has 0 amide bonds. The van der Waals surface area contributed by atoms with Crippen molar-refractivity contribution in [3.8, 4) is 16.8 Å².